The fourth-order valence-corrected chi connectivity index (χ4v) is 2.15. The minimum absolute atomic E-state index is 0.274. The summed E-state index contributed by atoms with van der Waals surface area (Å²) in [6, 6.07) is 12.1. The summed E-state index contributed by atoms with van der Waals surface area (Å²) in [5.74, 6) is 1.74. The van der Waals surface area contributed by atoms with E-state index in [0.717, 1.165) is 0 Å². The van der Waals surface area contributed by atoms with E-state index in [-0.39, 0.29) is 6.61 Å². The van der Waals surface area contributed by atoms with Crippen LogP contribution in [0, 0.1) is 0 Å². The van der Waals surface area contributed by atoms with Crippen molar-refractivity contribution in [3.8, 4) is 17.2 Å². The molecule has 7 heteroatoms. The summed E-state index contributed by atoms with van der Waals surface area (Å²) in [6.45, 7) is 2.66. The molecule has 1 N–H and O–H groups in total. The summed E-state index contributed by atoms with van der Waals surface area (Å²) in [7, 11) is 0. The second-order valence-electron chi connectivity index (χ2n) is 4.64. The highest BCUT2D eigenvalue weighted by Crippen LogP contribution is 2.31. The van der Waals surface area contributed by atoms with Gasteiger partial charge in [0.2, 0.25) is 0 Å². The van der Waals surface area contributed by atoms with Gasteiger partial charge in [-0.2, -0.15) is 0 Å². The smallest absolute Gasteiger partial charge is 0.407 e. The van der Waals surface area contributed by atoms with Crippen molar-refractivity contribution in [1.82, 2.24) is 5.32 Å². The third-order valence-electron chi connectivity index (χ3n) is 2.86. The summed E-state index contributed by atoms with van der Waals surface area (Å²) in [6.07, 6.45) is -0.473. The Hall–Kier alpha value is -2.11. The molecule has 0 aliphatic rings. The average Bonchev–Trinajstić information content (AvgIpc) is 2.56. The van der Waals surface area contributed by atoms with Crippen LogP contribution in [-0.4, -0.2) is 25.9 Å². The highest BCUT2D eigenvalue weighted by Gasteiger charge is 2.06. The molecule has 1 amide bonds. The van der Waals surface area contributed by atoms with Gasteiger partial charge < -0.3 is 19.5 Å². The van der Waals surface area contributed by atoms with E-state index in [1.807, 2.05) is 0 Å². The summed E-state index contributed by atoms with van der Waals surface area (Å²) in [5.41, 5.74) is 0. The number of ether oxygens (including phenoxy) is 3. The Morgan fingerprint density at radius 1 is 1.08 bits per heavy atom. The van der Waals surface area contributed by atoms with Crippen molar-refractivity contribution >= 4 is 29.3 Å². The fourth-order valence-electron chi connectivity index (χ4n) is 1.80. The second kappa shape index (κ2) is 9.25. The topological polar surface area (TPSA) is 56.8 Å². The summed E-state index contributed by atoms with van der Waals surface area (Å²) in [4.78, 5) is 11.1. The lowest BCUT2D eigenvalue weighted by molar-refractivity contribution is 0.150. The van der Waals surface area contributed by atoms with Crippen LogP contribution < -0.4 is 14.8 Å². The molecule has 0 aliphatic carbocycles. The quantitative estimate of drug-likeness (QED) is 0.704. The molecule has 2 aromatic carbocycles. The molecule has 128 valence electrons. The maximum atomic E-state index is 11.1. The van der Waals surface area contributed by atoms with Crippen molar-refractivity contribution in [1.29, 1.82) is 0 Å². The largest absolute Gasteiger partial charge is 0.490 e. The molecule has 0 saturated carbocycles. The average molecular weight is 370 g/mol. The first-order valence-electron chi connectivity index (χ1n) is 7.35. The van der Waals surface area contributed by atoms with Crippen LogP contribution in [-0.2, 0) is 4.74 Å². The number of nitrogens with one attached hydrogen (secondary N) is 1. The van der Waals surface area contributed by atoms with Crippen LogP contribution in [0.5, 0.6) is 17.2 Å². The van der Waals surface area contributed by atoms with Gasteiger partial charge in [0, 0.05) is 11.1 Å². The molecular formula is C17H17Cl2NO4. The van der Waals surface area contributed by atoms with E-state index in [2.05, 4.69) is 5.32 Å². The molecule has 5 nitrogen and oxygen atoms in total. The lowest BCUT2D eigenvalue weighted by Gasteiger charge is -2.11. The zero-order valence-corrected chi connectivity index (χ0v) is 14.6. The third-order valence-corrected chi connectivity index (χ3v) is 3.40. The highest BCUT2D eigenvalue weighted by atomic mass is 35.5. The van der Waals surface area contributed by atoms with Crippen LogP contribution in [0.1, 0.15) is 6.92 Å². The minimum Gasteiger partial charge on any atom is -0.490 e. The maximum Gasteiger partial charge on any atom is 0.407 e. The van der Waals surface area contributed by atoms with Crippen LogP contribution in [0.3, 0.4) is 0 Å². The molecule has 2 rings (SSSR count). The Bertz CT molecular complexity index is 677. The van der Waals surface area contributed by atoms with Crippen molar-refractivity contribution in [3.63, 3.8) is 0 Å². The zero-order chi connectivity index (χ0) is 17.4. The van der Waals surface area contributed by atoms with Gasteiger partial charge in [0.1, 0.15) is 23.9 Å². The fraction of sp³-hybridized carbons (Fsp3) is 0.235. The first kappa shape index (κ1) is 18.2. The highest BCUT2D eigenvalue weighted by molar-refractivity contribution is 6.32. The summed E-state index contributed by atoms with van der Waals surface area (Å²) < 4.78 is 15.9. The van der Waals surface area contributed by atoms with Gasteiger partial charge >= 0.3 is 6.09 Å². The van der Waals surface area contributed by atoms with Crippen molar-refractivity contribution in [2.45, 2.75) is 6.92 Å². The van der Waals surface area contributed by atoms with Crippen LogP contribution in [0.15, 0.2) is 42.5 Å². The Balaban J connectivity index is 1.85. The van der Waals surface area contributed by atoms with E-state index in [1.54, 1.807) is 49.4 Å². The molecule has 0 unspecified atom stereocenters. The molecule has 2 aromatic rings. The standard InChI is InChI=1S/C17H17Cl2NO4/c1-2-22-17(21)20-9-10-23-16-8-7-14(11-15(16)19)24-13-5-3-12(18)4-6-13/h3-8,11H,2,9-10H2,1H3,(H,20,21). The van der Waals surface area contributed by atoms with Gasteiger partial charge in [0.15, 0.2) is 0 Å². The van der Waals surface area contributed by atoms with Gasteiger partial charge in [0.25, 0.3) is 0 Å². The number of benzene rings is 2. The zero-order valence-electron chi connectivity index (χ0n) is 13.1. The summed E-state index contributed by atoms with van der Waals surface area (Å²) in [5, 5.41) is 3.61. The number of rotatable bonds is 7. The number of alkyl carbamates (subject to hydrolysis) is 1. The van der Waals surface area contributed by atoms with E-state index in [4.69, 9.17) is 37.4 Å². The van der Waals surface area contributed by atoms with Gasteiger partial charge in [-0.15, -0.1) is 0 Å². The van der Waals surface area contributed by atoms with Gasteiger partial charge in [-0.25, -0.2) is 4.79 Å². The minimum atomic E-state index is -0.473. The molecule has 0 radical (unpaired) electrons. The molecule has 0 fully saturated rings. The van der Waals surface area contributed by atoms with Crippen LogP contribution in [0.2, 0.25) is 10.0 Å². The number of amides is 1. The third kappa shape index (κ3) is 5.83. The molecule has 0 saturated heterocycles. The second-order valence-corrected chi connectivity index (χ2v) is 5.49. The Labute approximate surface area is 150 Å². The Morgan fingerprint density at radius 2 is 1.79 bits per heavy atom. The molecule has 0 atom stereocenters. The van der Waals surface area contributed by atoms with Crippen LogP contribution in [0.4, 0.5) is 4.79 Å². The number of carbonyl (C=O) groups is 1. The first-order valence-corrected chi connectivity index (χ1v) is 8.10. The van der Waals surface area contributed by atoms with Crippen molar-refractivity contribution in [2.24, 2.45) is 0 Å². The van der Waals surface area contributed by atoms with Gasteiger partial charge in [-0.3, -0.25) is 0 Å². The van der Waals surface area contributed by atoms with E-state index in [1.165, 1.54) is 0 Å². The van der Waals surface area contributed by atoms with Gasteiger partial charge in [-0.1, -0.05) is 23.2 Å². The van der Waals surface area contributed by atoms with E-state index < -0.39 is 6.09 Å². The Morgan fingerprint density at radius 3 is 2.46 bits per heavy atom. The van der Waals surface area contributed by atoms with Crippen molar-refractivity contribution in [2.75, 3.05) is 19.8 Å². The predicted molar refractivity (Wildman–Crippen MR) is 93.5 cm³/mol. The van der Waals surface area contributed by atoms with E-state index in [0.29, 0.717) is 40.4 Å². The molecule has 0 bridgehead atoms. The maximum absolute atomic E-state index is 11.1. The Kier molecular flexibility index (Phi) is 7.03. The predicted octanol–water partition coefficient (Wildman–Crippen LogP) is 4.91. The van der Waals surface area contributed by atoms with E-state index in [9.17, 15) is 4.79 Å². The van der Waals surface area contributed by atoms with Crippen molar-refractivity contribution in [3.05, 3.63) is 52.5 Å². The lowest BCUT2D eigenvalue weighted by Crippen LogP contribution is -2.28. The number of hydrogen-bond donors (Lipinski definition) is 1. The molecular weight excluding hydrogens is 353 g/mol. The molecule has 24 heavy (non-hydrogen) atoms. The molecule has 0 spiro atoms. The lowest BCUT2D eigenvalue weighted by atomic mass is 10.3. The van der Waals surface area contributed by atoms with Crippen LogP contribution >= 0.6 is 23.2 Å². The first-order chi connectivity index (χ1) is 11.6. The molecule has 0 heterocycles. The van der Waals surface area contributed by atoms with Crippen molar-refractivity contribution < 1.29 is 19.0 Å². The normalized spacial score (nSPS) is 10.1. The van der Waals surface area contributed by atoms with Crippen LogP contribution in [0.25, 0.3) is 0 Å². The summed E-state index contributed by atoms with van der Waals surface area (Å²) >= 11 is 12.0. The van der Waals surface area contributed by atoms with Gasteiger partial charge in [-0.05, 0) is 43.3 Å². The SMILES string of the molecule is CCOC(=O)NCCOc1ccc(Oc2ccc(Cl)cc2)cc1Cl. The molecule has 0 aromatic heterocycles. The monoisotopic (exact) mass is 369 g/mol. The van der Waals surface area contributed by atoms with Gasteiger partial charge in [0.05, 0.1) is 18.2 Å². The number of hydrogen-bond acceptors (Lipinski definition) is 4. The van der Waals surface area contributed by atoms with E-state index >= 15 is 0 Å². The number of halogens is 2. The molecule has 0 aliphatic heterocycles. The number of carbonyl (C=O) groups excluding carboxylic acids is 1.